The summed E-state index contributed by atoms with van der Waals surface area (Å²) in [6, 6.07) is 6.85. The maximum atomic E-state index is 12.9. The number of carbonyl (C=O) groups is 2. The van der Waals surface area contributed by atoms with Crippen LogP contribution in [0.4, 0.5) is 5.69 Å². The van der Waals surface area contributed by atoms with Gasteiger partial charge < -0.3 is 19.9 Å². The number of benzene rings is 1. The van der Waals surface area contributed by atoms with Crippen molar-refractivity contribution >= 4 is 29.1 Å². The molecule has 0 radical (unpaired) electrons. The van der Waals surface area contributed by atoms with Gasteiger partial charge in [-0.25, -0.2) is 0 Å². The molecule has 0 bridgehead atoms. The highest BCUT2D eigenvalue weighted by Crippen LogP contribution is 2.23. The Morgan fingerprint density at radius 1 is 1.23 bits per heavy atom. The summed E-state index contributed by atoms with van der Waals surface area (Å²) in [5, 5.41) is 12.1. The maximum absolute atomic E-state index is 12.9. The Hall–Kier alpha value is -2.14. The Bertz CT molecular complexity index is 807. The molecule has 162 valence electrons. The van der Waals surface area contributed by atoms with Crippen LogP contribution < -0.4 is 5.32 Å². The van der Waals surface area contributed by atoms with Gasteiger partial charge in [0.25, 0.3) is 0 Å². The lowest BCUT2D eigenvalue weighted by Crippen LogP contribution is -2.51. The minimum absolute atomic E-state index is 0.0633. The van der Waals surface area contributed by atoms with Crippen molar-refractivity contribution in [3.63, 3.8) is 0 Å². The molecular weight excluding hydrogens is 404 g/mol. The van der Waals surface area contributed by atoms with Gasteiger partial charge in [0.1, 0.15) is 6.07 Å². The first-order valence-corrected chi connectivity index (χ1v) is 10.9. The van der Waals surface area contributed by atoms with Gasteiger partial charge in [0, 0.05) is 37.7 Å². The van der Waals surface area contributed by atoms with Gasteiger partial charge in [-0.15, -0.1) is 0 Å². The second-order valence-corrected chi connectivity index (χ2v) is 8.63. The Labute approximate surface area is 182 Å². The number of hydrogen-bond donors (Lipinski definition) is 1. The topological polar surface area (TPSA) is 85.7 Å². The van der Waals surface area contributed by atoms with Gasteiger partial charge in [0.05, 0.1) is 22.8 Å². The number of amides is 2. The SMILES string of the molecule is CC1CN(C(=O)C2CCN(CCC(=O)Nc3ccc(C#N)c(Cl)c3)CC2)CC(C)O1. The number of piperidine rings is 1. The van der Waals surface area contributed by atoms with Gasteiger partial charge in [0.15, 0.2) is 0 Å². The van der Waals surface area contributed by atoms with E-state index in [1.54, 1.807) is 18.2 Å². The standard InChI is InChI=1S/C22H29ClN4O3/c1-15-13-27(14-16(2)30-15)22(29)17-5-8-26(9-6-17)10-7-21(28)25-19-4-3-18(12-24)20(23)11-19/h3-4,11,15-17H,5-10,13-14H2,1-2H3,(H,25,28). The number of morpholine rings is 1. The highest BCUT2D eigenvalue weighted by atomic mass is 35.5. The summed E-state index contributed by atoms with van der Waals surface area (Å²) in [7, 11) is 0. The van der Waals surface area contributed by atoms with Crippen LogP contribution in [0, 0.1) is 17.2 Å². The summed E-state index contributed by atoms with van der Waals surface area (Å²) < 4.78 is 5.72. The summed E-state index contributed by atoms with van der Waals surface area (Å²) in [6.07, 6.45) is 2.19. The van der Waals surface area contributed by atoms with E-state index in [4.69, 9.17) is 21.6 Å². The summed E-state index contributed by atoms with van der Waals surface area (Å²) in [5.41, 5.74) is 0.968. The first-order chi connectivity index (χ1) is 14.4. The first-order valence-electron chi connectivity index (χ1n) is 10.5. The monoisotopic (exact) mass is 432 g/mol. The average Bonchev–Trinajstić information content (AvgIpc) is 2.71. The van der Waals surface area contributed by atoms with Crippen molar-refractivity contribution in [2.24, 2.45) is 5.92 Å². The molecule has 2 aliphatic rings. The van der Waals surface area contributed by atoms with Crippen LogP contribution in [0.1, 0.15) is 38.7 Å². The third kappa shape index (κ3) is 5.94. The van der Waals surface area contributed by atoms with E-state index >= 15 is 0 Å². The number of likely N-dealkylation sites (tertiary alicyclic amines) is 1. The van der Waals surface area contributed by atoms with E-state index in [0.717, 1.165) is 25.9 Å². The lowest BCUT2D eigenvalue weighted by Gasteiger charge is -2.39. The predicted octanol–water partition coefficient (Wildman–Crippen LogP) is 2.89. The molecule has 0 aromatic heterocycles. The van der Waals surface area contributed by atoms with Gasteiger partial charge >= 0.3 is 0 Å². The number of nitriles is 1. The summed E-state index contributed by atoms with van der Waals surface area (Å²) >= 11 is 6.00. The molecule has 2 fully saturated rings. The Kier molecular flexibility index (Phi) is 7.70. The molecular formula is C22H29ClN4O3. The number of anilines is 1. The van der Waals surface area contributed by atoms with Crippen LogP contribution in [-0.2, 0) is 14.3 Å². The van der Waals surface area contributed by atoms with Gasteiger partial charge in [-0.2, -0.15) is 5.26 Å². The number of ether oxygens (including phenoxy) is 1. The van der Waals surface area contributed by atoms with E-state index in [-0.39, 0.29) is 29.9 Å². The number of rotatable bonds is 5. The van der Waals surface area contributed by atoms with Crippen LogP contribution in [-0.4, -0.2) is 66.5 Å². The molecule has 7 nitrogen and oxygen atoms in total. The van der Waals surface area contributed by atoms with Crippen LogP contribution in [0.25, 0.3) is 0 Å². The van der Waals surface area contributed by atoms with Gasteiger partial charge in [-0.1, -0.05) is 11.6 Å². The molecule has 1 aromatic rings. The molecule has 2 heterocycles. The first kappa shape index (κ1) is 22.5. The Balaban J connectivity index is 1.40. The molecule has 0 saturated carbocycles. The van der Waals surface area contributed by atoms with Crippen molar-refractivity contribution < 1.29 is 14.3 Å². The molecule has 1 aromatic carbocycles. The predicted molar refractivity (Wildman–Crippen MR) is 115 cm³/mol. The molecule has 2 atom stereocenters. The van der Waals surface area contributed by atoms with Gasteiger partial charge in [-0.3, -0.25) is 9.59 Å². The zero-order valence-electron chi connectivity index (χ0n) is 17.6. The zero-order chi connectivity index (χ0) is 21.7. The van der Waals surface area contributed by atoms with Crippen LogP contribution in [0.3, 0.4) is 0 Å². The van der Waals surface area contributed by atoms with Crippen LogP contribution >= 0.6 is 11.6 Å². The lowest BCUT2D eigenvalue weighted by atomic mass is 9.94. The molecule has 2 amide bonds. The van der Waals surface area contributed by atoms with Crippen LogP contribution in [0.2, 0.25) is 5.02 Å². The number of hydrogen-bond acceptors (Lipinski definition) is 5. The van der Waals surface area contributed by atoms with Crippen molar-refractivity contribution in [1.29, 1.82) is 5.26 Å². The normalized spacial score (nSPS) is 23.1. The second-order valence-electron chi connectivity index (χ2n) is 8.22. The van der Waals surface area contributed by atoms with Crippen molar-refractivity contribution in [1.82, 2.24) is 9.80 Å². The molecule has 0 spiro atoms. The van der Waals surface area contributed by atoms with Crippen molar-refractivity contribution in [3.05, 3.63) is 28.8 Å². The summed E-state index contributed by atoms with van der Waals surface area (Å²) in [6.45, 7) is 7.66. The molecule has 30 heavy (non-hydrogen) atoms. The van der Waals surface area contributed by atoms with E-state index in [1.807, 2.05) is 24.8 Å². The minimum Gasteiger partial charge on any atom is -0.372 e. The third-order valence-corrected chi connectivity index (χ3v) is 6.01. The molecule has 1 N–H and O–H groups in total. The van der Waals surface area contributed by atoms with Gasteiger partial charge in [-0.05, 0) is 58.0 Å². The highest BCUT2D eigenvalue weighted by Gasteiger charge is 2.32. The van der Waals surface area contributed by atoms with Crippen molar-refractivity contribution in [2.45, 2.75) is 45.3 Å². The Morgan fingerprint density at radius 3 is 2.50 bits per heavy atom. The van der Waals surface area contributed by atoms with E-state index < -0.39 is 0 Å². The van der Waals surface area contributed by atoms with E-state index in [2.05, 4.69) is 10.2 Å². The zero-order valence-corrected chi connectivity index (χ0v) is 18.3. The number of nitrogens with zero attached hydrogens (tertiary/aromatic N) is 3. The molecule has 2 unspecified atom stereocenters. The number of carbonyl (C=O) groups excluding carboxylic acids is 2. The number of halogens is 1. The highest BCUT2D eigenvalue weighted by molar-refractivity contribution is 6.32. The van der Waals surface area contributed by atoms with Gasteiger partial charge in [0.2, 0.25) is 11.8 Å². The van der Waals surface area contributed by atoms with Crippen LogP contribution in [0.15, 0.2) is 18.2 Å². The molecule has 8 heteroatoms. The molecule has 0 aliphatic carbocycles. The van der Waals surface area contributed by atoms with E-state index in [0.29, 0.717) is 42.3 Å². The molecule has 3 rings (SSSR count). The second kappa shape index (κ2) is 10.3. The lowest BCUT2D eigenvalue weighted by molar-refractivity contribution is -0.149. The third-order valence-electron chi connectivity index (χ3n) is 5.70. The average molecular weight is 433 g/mol. The van der Waals surface area contributed by atoms with E-state index in [1.165, 1.54) is 0 Å². The fourth-order valence-electron chi connectivity index (χ4n) is 4.19. The summed E-state index contributed by atoms with van der Waals surface area (Å²) in [5.74, 6) is 0.214. The fraction of sp³-hybridized carbons (Fsp3) is 0.591. The maximum Gasteiger partial charge on any atom is 0.225 e. The quantitative estimate of drug-likeness (QED) is 0.773. The molecule has 2 aliphatic heterocycles. The molecule has 2 saturated heterocycles. The smallest absolute Gasteiger partial charge is 0.225 e. The Morgan fingerprint density at radius 2 is 1.90 bits per heavy atom. The van der Waals surface area contributed by atoms with Crippen molar-refractivity contribution in [2.75, 3.05) is 38.0 Å². The number of nitrogens with one attached hydrogen (secondary N) is 1. The van der Waals surface area contributed by atoms with Crippen molar-refractivity contribution in [3.8, 4) is 6.07 Å². The van der Waals surface area contributed by atoms with Crippen LogP contribution in [0.5, 0.6) is 0 Å². The fourth-order valence-corrected chi connectivity index (χ4v) is 4.41. The van der Waals surface area contributed by atoms with E-state index in [9.17, 15) is 9.59 Å². The summed E-state index contributed by atoms with van der Waals surface area (Å²) in [4.78, 5) is 29.3. The minimum atomic E-state index is -0.0923. The largest absolute Gasteiger partial charge is 0.372 e.